The molecule has 0 fully saturated rings. The Hall–Kier alpha value is -0.110. The van der Waals surface area contributed by atoms with Crippen LogP contribution in [-0.2, 0) is 0 Å². The van der Waals surface area contributed by atoms with Crippen molar-refractivity contribution in [2.24, 2.45) is 11.1 Å². The van der Waals surface area contributed by atoms with Crippen molar-refractivity contribution in [3.63, 3.8) is 0 Å². The van der Waals surface area contributed by atoms with Crippen molar-refractivity contribution in [2.45, 2.75) is 59.0 Å². The highest BCUT2D eigenvalue weighted by Gasteiger charge is 2.34. The van der Waals surface area contributed by atoms with Crippen LogP contribution in [0.1, 0.15) is 52.9 Å². The van der Waals surface area contributed by atoms with E-state index in [1.54, 1.807) is 0 Å². The summed E-state index contributed by atoms with van der Waals surface area (Å²) in [7, 11) is 0. The number of hydrogen-bond acceptors (Lipinski definition) is 1. The fourth-order valence-electron chi connectivity index (χ4n) is 1.99. The molecular formula is C11H24FN. The van der Waals surface area contributed by atoms with Gasteiger partial charge in [0.05, 0.1) is 0 Å². The van der Waals surface area contributed by atoms with E-state index < -0.39 is 6.17 Å². The number of hydrogen-bond donors (Lipinski definition) is 1. The van der Waals surface area contributed by atoms with Crippen LogP contribution in [-0.4, -0.2) is 12.7 Å². The van der Waals surface area contributed by atoms with Crippen molar-refractivity contribution in [3.05, 3.63) is 0 Å². The van der Waals surface area contributed by atoms with E-state index in [1.165, 1.54) is 0 Å². The molecule has 2 heteroatoms. The maximum Gasteiger partial charge on any atom is 0.107 e. The Labute approximate surface area is 81.9 Å². The monoisotopic (exact) mass is 189 g/mol. The predicted molar refractivity (Wildman–Crippen MR) is 56.5 cm³/mol. The summed E-state index contributed by atoms with van der Waals surface area (Å²) in [5.74, 6) is 0. The molecule has 0 aromatic carbocycles. The van der Waals surface area contributed by atoms with E-state index in [-0.39, 0.29) is 5.41 Å². The normalized spacial score (nSPS) is 18.2. The van der Waals surface area contributed by atoms with Crippen molar-refractivity contribution in [2.75, 3.05) is 6.54 Å². The Morgan fingerprint density at radius 3 is 2.15 bits per heavy atom. The zero-order valence-corrected chi connectivity index (χ0v) is 9.28. The molecule has 0 spiro atoms. The fourth-order valence-corrected chi connectivity index (χ4v) is 1.99. The number of nitrogens with two attached hydrogens (primary N) is 1. The standard InChI is InChI=1S/C11H24FN/c1-4-7-10(12)11(6-3,9-13)8-5-2/h10H,4-9,13H2,1-3H3. The zero-order chi connectivity index (χ0) is 10.3. The lowest BCUT2D eigenvalue weighted by Gasteiger charge is -2.34. The van der Waals surface area contributed by atoms with Crippen LogP contribution in [0.25, 0.3) is 0 Å². The van der Waals surface area contributed by atoms with Crippen LogP contribution in [0.15, 0.2) is 0 Å². The minimum absolute atomic E-state index is 0.245. The molecule has 0 aliphatic carbocycles. The minimum Gasteiger partial charge on any atom is -0.330 e. The molecule has 0 radical (unpaired) electrons. The summed E-state index contributed by atoms with van der Waals surface area (Å²) in [4.78, 5) is 0. The number of rotatable bonds is 7. The second-order valence-corrected chi connectivity index (χ2v) is 3.93. The molecule has 0 aromatic heterocycles. The van der Waals surface area contributed by atoms with E-state index in [1.807, 2.05) is 13.8 Å². The van der Waals surface area contributed by atoms with Gasteiger partial charge in [-0.25, -0.2) is 4.39 Å². The Balaban J connectivity index is 4.33. The van der Waals surface area contributed by atoms with Gasteiger partial charge in [0.25, 0.3) is 0 Å². The van der Waals surface area contributed by atoms with E-state index in [9.17, 15) is 4.39 Å². The molecule has 0 rings (SSSR count). The summed E-state index contributed by atoms with van der Waals surface area (Å²) in [6, 6.07) is 0. The molecule has 2 N–H and O–H groups in total. The van der Waals surface area contributed by atoms with Gasteiger partial charge in [-0.1, -0.05) is 33.6 Å². The zero-order valence-electron chi connectivity index (χ0n) is 9.28. The molecule has 2 unspecified atom stereocenters. The average molecular weight is 189 g/mol. The molecule has 1 nitrogen and oxygen atoms in total. The van der Waals surface area contributed by atoms with Gasteiger partial charge in [0.15, 0.2) is 0 Å². The first-order valence-corrected chi connectivity index (χ1v) is 5.51. The Morgan fingerprint density at radius 1 is 1.23 bits per heavy atom. The summed E-state index contributed by atoms with van der Waals surface area (Å²) in [6.07, 6.45) is 3.65. The maximum absolute atomic E-state index is 13.8. The predicted octanol–water partition coefficient (Wildman–Crippen LogP) is 3.28. The summed E-state index contributed by atoms with van der Waals surface area (Å²) in [5, 5.41) is 0. The van der Waals surface area contributed by atoms with Crippen LogP contribution in [0.3, 0.4) is 0 Å². The molecule has 80 valence electrons. The van der Waals surface area contributed by atoms with E-state index in [0.717, 1.165) is 25.7 Å². The van der Waals surface area contributed by atoms with Crippen LogP contribution >= 0.6 is 0 Å². The Bertz CT molecular complexity index is 121. The smallest absolute Gasteiger partial charge is 0.107 e. The van der Waals surface area contributed by atoms with Crippen molar-refractivity contribution in [3.8, 4) is 0 Å². The molecule has 0 aliphatic rings. The van der Waals surface area contributed by atoms with Crippen LogP contribution in [0.5, 0.6) is 0 Å². The van der Waals surface area contributed by atoms with Crippen LogP contribution in [0.2, 0.25) is 0 Å². The lowest BCUT2D eigenvalue weighted by molar-refractivity contribution is 0.0872. The largest absolute Gasteiger partial charge is 0.330 e. The van der Waals surface area contributed by atoms with Gasteiger partial charge in [-0.15, -0.1) is 0 Å². The third-order valence-corrected chi connectivity index (χ3v) is 3.07. The summed E-state index contributed by atoms with van der Waals surface area (Å²) in [6.45, 7) is 6.65. The molecule has 0 saturated heterocycles. The van der Waals surface area contributed by atoms with Crippen molar-refractivity contribution in [1.82, 2.24) is 0 Å². The fraction of sp³-hybridized carbons (Fsp3) is 1.00. The van der Waals surface area contributed by atoms with Gasteiger partial charge in [0.2, 0.25) is 0 Å². The first kappa shape index (κ1) is 12.9. The highest BCUT2D eigenvalue weighted by molar-refractivity contribution is 4.86. The SMILES string of the molecule is CCCC(F)C(CC)(CN)CCC. The van der Waals surface area contributed by atoms with Gasteiger partial charge >= 0.3 is 0 Å². The molecular weight excluding hydrogens is 165 g/mol. The maximum atomic E-state index is 13.8. The average Bonchev–Trinajstić information content (AvgIpc) is 2.14. The summed E-state index contributed by atoms with van der Waals surface area (Å²) < 4.78 is 13.8. The van der Waals surface area contributed by atoms with E-state index >= 15 is 0 Å². The molecule has 2 atom stereocenters. The van der Waals surface area contributed by atoms with Gasteiger partial charge in [0.1, 0.15) is 6.17 Å². The highest BCUT2D eigenvalue weighted by atomic mass is 19.1. The summed E-state index contributed by atoms with van der Waals surface area (Å²) >= 11 is 0. The molecule has 0 aromatic rings. The van der Waals surface area contributed by atoms with Crippen molar-refractivity contribution in [1.29, 1.82) is 0 Å². The van der Waals surface area contributed by atoms with E-state index in [0.29, 0.717) is 13.0 Å². The Morgan fingerprint density at radius 2 is 1.85 bits per heavy atom. The van der Waals surface area contributed by atoms with Gasteiger partial charge < -0.3 is 5.73 Å². The van der Waals surface area contributed by atoms with Gasteiger partial charge in [-0.2, -0.15) is 0 Å². The first-order valence-electron chi connectivity index (χ1n) is 5.51. The molecule has 0 heterocycles. The van der Waals surface area contributed by atoms with E-state index in [2.05, 4.69) is 6.92 Å². The summed E-state index contributed by atoms with van der Waals surface area (Å²) in [5.41, 5.74) is 5.45. The molecule has 13 heavy (non-hydrogen) atoms. The van der Waals surface area contributed by atoms with Gasteiger partial charge in [0, 0.05) is 12.0 Å². The van der Waals surface area contributed by atoms with Crippen molar-refractivity contribution >= 4 is 0 Å². The van der Waals surface area contributed by atoms with E-state index in [4.69, 9.17) is 5.73 Å². The first-order chi connectivity index (χ1) is 6.16. The Kier molecular flexibility index (Phi) is 6.31. The second-order valence-electron chi connectivity index (χ2n) is 3.93. The highest BCUT2D eigenvalue weighted by Crippen LogP contribution is 2.35. The second kappa shape index (κ2) is 6.36. The lowest BCUT2D eigenvalue weighted by Crippen LogP contribution is -2.39. The van der Waals surface area contributed by atoms with Gasteiger partial charge in [-0.3, -0.25) is 0 Å². The molecule has 0 bridgehead atoms. The third kappa shape index (κ3) is 3.26. The third-order valence-electron chi connectivity index (χ3n) is 3.07. The molecule has 0 saturated carbocycles. The number of alkyl halides is 1. The topological polar surface area (TPSA) is 26.0 Å². The number of halogens is 1. The minimum atomic E-state index is -0.715. The van der Waals surface area contributed by atoms with Crippen molar-refractivity contribution < 1.29 is 4.39 Å². The van der Waals surface area contributed by atoms with Crippen LogP contribution in [0, 0.1) is 5.41 Å². The van der Waals surface area contributed by atoms with Gasteiger partial charge in [-0.05, 0) is 19.3 Å². The quantitative estimate of drug-likeness (QED) is 0.653. The van der Waals surface area contributed by atoms with Crippen LogP contribution in [0.4, 0.5) is 4.39 Å². The van der Waals surface area contributed by atoms with Crippen LogP contribution < -0.4 is 5.73 Å². The molecule has 0 aliphatic heterocycles. The lowest BCUT2D eigenvalue weighted by atomic mass is 9.75. The molecule has 0 amide bonds.